The molecule has 1 aromatic heterocycles. The molecule has 0 aliphatic rings. The van der Waals surface area contributed by atoms with Gasteiger partial charge >= 0.3 is 0 Å². The van der Waals surface area contributed by atoms with Gasteiger partial charge in [0.05, 0.1) is 12.4 Å². The van der Waals surface area contributed by atoms with Gasteiger partial charge < -0.3 is 4.74 Å². The van der Waals surface area contributed by atoms with E-state index in [1.54, 1.807) is 0 Å². The quantitative estimate of drug-likeness (QED) is 0.452. The number of hydrogen-bond acceptors (Lipinski definition) is 3. The maximum atomic E-state index is 5.53. The number of ether oxygens (including phenoxy) is 1. The third-order valence-corrected chi connectivity index (χ3v) is 2.49. The molecular weight excluding hydrogens is 228 g/mol. The Morgan fingerprint density at radius 3 is 2.47 bits per heavy atom. The Hall–Kier alpha value is -1.05. The SMILES string of the molecule is C[Si](C)(C)C#CCOc1cnc(Cl)nc1. The summed E-state index contributed by atoms with van der Waals surface area (Å²) in [4.78, 5) is 7.59. The molecule has 5 heteroatoms. The molecule has 0 aliphatic heterocycles. The van der Waals surface area contributed by atoms with Crippen molar-refractivity contribution in [3.63, 3.8) is 0 Å². The summed E-state index contributed by atoms with van der Waals surface area (Å²) < 4.78 is 5.32. The fraction of sp³-hybridized carbons (Fsp3) is 0.400. The molecule has 0 saturated heterocycles. The molecular formula is C10H13ClN2OSi. The number of hydrogen-bond donors (Lipinski definition) is 0. The van der Waals surface area contributed by atoms with Crippen molar-refractivity contribution in [2.45, 2.75) is 19.6 Å². The molecule has 0 spiro atoms. The van der Waals surface area contributed by atoms with Gasteiger partial charge in [0.1, 0.15) is 14.7 Å². The van der Waals surface area contributed by atoms with Crippen molar-refractivity contribution in [3.05, 3.63) is 17.7 Å². The summed E-state index contributed by atoms with van der Waals surface area (Å²) in [5.41, 5.74) is 3.20. The lowest BCUT2D eigenvalue weighted by Gasteiger charge is -2.04. The molecule has 1 aromatic rings. The summed E-state index contributed by atoms with van der Waals surface area (Å²) in [7, 11) is -1.30. The van der Waals surface area contributed by atoms with E-state index in [4.69, 9.17) is 16.3 Å². The zero-order valence-corrected chi connectivity index (χ0v) is 10.8. The van der Waals surface area contributed by atoms with Crippen LogP contribution >= 0.6 is 11.6 Å². The minimum Gasteiger partial charge on any atom is -0.478 e. The van der Waals surface area contributed by atoms with E-state index in [1.807, 2.05) is 0 Å². The summed E-state index contributed by atoms with van der Waals surface area (Å²) in [6.07, 6.45) is 3.07. The molecule has 0 aliphatic carbocycles. The molecule has 0 unspecified atom stereocenters. The van der Waals surface area contributed by atoms with Gasteiger partial charge in [-0.15, -0.1) is 5.54 Å². The van der Waals surface area contributed by atoms with Crippen molar-refractivity contribution in [1.82, 2.24) is 9.97 Å². The lowest BCUT2D eigenvalue weighted by Crippen LogP contribution is -2.16. The zero-order chi connectivity index (χ0) is 11.3. The summed E-state index contributed by atoms with van der Waals surface area (Å²) in [5, 5.41) is 0.218. The predicted octanol–water partition coefficient (Wildman–Crippen LogP) is 2.39. The van der Waals surface area contributed by atoms with Gasteiger partial charge in [-0.05, 0) is 11.6 Å². The number of rotatable bonds is 2. The van der Waals surface area contributed by atoms with Crippen LogP contribution in [-0.4, -0.2) is 24.6 Å². The fourth-order valence-electron chi connectivity index (χ4n) is 0.796. The molecule has 3 nitrogen and oxygen atoms in total. The lowest BCUT2D eigenvalue weighted by molar-refractivity contribution is 0.367. The van der Waals surface area contributed by atoms with Gasteiger partial charge in [0, 0.05) is 0 Å². The third kappa shape index (κ3) is 5.40. The van der Waals surface area contributed by atoms with E-state index in [2.05, 4.69) is 41.1 Å². The molecule has 0 fully saturated rings. The Bertz CT molecular complexity index is 375. The number of nitrogens with zero attached hydrogens (tertiary/aromatic N) is 2. The van der Waals surface area contributed by atoms with Crippen molar-refractivity contribution in [2.24, 2.45) is 0 Å². The van der Waals surface area contributed by atoms with Crippen molar-refractivity contribution in [2.75, 3.05) is 6.61 Å². The van der Waals surface area contributed by atoms with Crippen LogP contribution in [0.15, 0.2) is 12.4 Å². The molecule has 0 saturated carbocycles. The highest BCUT2D eigenvalue weighted by atomic mass is 35.5. The highest BCUT2D eigenvalue weighted by Crippen LogP contribution is 2.07. The van der Waals surface area contributed by atoms with Crippen LogP contribution in [0.4, 0.5) is 0 Å². The molecule has 80 valence electrons. The average Bonchev–Trinajstić information content (AvgIpc) is 2.14. The van der Waals surface area contributed by atoms with E-state index in [0.717, 1.165) is 0 Å². The number of aromatic nitrogens is 2. The van der Waals surface area contributed by atoms with Crippen LogP contribution in [0.1, 0.15) is 0 Å². The maximum Gasteiger partial charge on any atom is 0.222 e. The van der Waals surface area contributed by atoms with Crippen LogP contribution in [0.5, 0.6) is 5.75 Å². The largest absolute Gasteiger partial charge is 0.478 e. The van der Waals surface area contributed by atoms with Crippen LogP contribution in [0.2, 0.25) is 24.9 Å². The van der Waals surface area contributed by atoms with Crippen molar-refractivity contribution >= 4 is 19.7 Å². The van der Waals surface area contributed by atoms with Crippen molar-refractivity contribution in [1.29, 1.82) is 0 Å². The Morgan fingerprint density at radius 2 is 1.93 bits per heavy atom. The van der Waals surface area contributed by atoms with E-state index < -0.39 is 8.07 Å². The second kappa shape index (κ2) is 5.15. The normalized spacial score (nSPS) is 10.4. The third-order valence-electron chi connectivity index (χ3n) is 1.37. The summed E-state index contributed by atoms with van der Waals surface area (Å²) in [6, 6.07) is 0. The summed E-state index contributed by atoms with van der Waals surface area (Å²) in [6.45, 7) is 6.93. The van der Waals surface area contributed by atoms with E-state index in [1.165, 1.54) is 12.4 Å². The Balaban J connectivity index is 2.44. The van der Waals surface area contributed by atoms with Gasteiger partial charge in [-0.25, -0.2) is 9.97 Å². The monoisotopic (exact) mass is 240 g/mol. The second-order valence-electron chi connectivity index (χ2n) is 4.03. The molecule has 0 N–H and O–H groups in total. The highest BCUT2D eigenvalue weighted by molar-refractivity contribution is 6.83. The van der Waals surface area contributed by atoms with Gasteiger partial charge in [0.25, 0.3) is 0 Å². The van der Waals surface area contributed by atoms with Crippen LogP contribution in [-0.2, 0) is 0 Å². The van der Waals surface area contributed by atoms with Gasteiger partial charge in [0.15, 0.2) is 5.75 Å². The van der Waals surface area contributed by atoms with Crippen molar-refractivity contribution < 1.29 is 4.74 Å². The summed E-state index contributed by atoms with van der Waals surface area (Å²) in [5.74, 6) is 3.58. The highest BCUT2D eigenvalue weighted by Gasteiger charge is 2.06. The smallest absolute Gasteiger partial charge is 0.222 e. The first-order chi connectivity index (χ1) is 6.97. The van der Waals surface area contributed by atoms with Crippen LogP contribution in [0.3, 0.4) is 0 Å². The molecule has 0 atom stereocenters. The second-order valence-corrected chi connectivity index (χ2v) is 9.12. The molecule has 1 rings (SSSR count). The van der Waals surface area contributed by atoms with Crippen LogP contribution in [0.25, 0.3) is 0 Å². The minimum atomic E-state index is -1.30. The van der Waals surface area contributed by atoms with Crippen LogP contribution in [0, 0.1) is 11.5 Å². The lowest BCUT2D eigenvalue weighted by atomic mass is 10.6. The Kier molecular flexibility index (Phi) is 4.12. The van der Waals surface area contributed by atoms with Gasteiger partial charge in [-0.1, -0.05) is 25.6 Å². The first kappa shape index (κ1) is 12.0. The van der Waals surface area contributed by atoms with Crippen LogP contribution < -0.4 is 4.74 Å². The number of halogens is 1. The molecule has 0 radical (unpaired) electrons. The fourth-order valence-corrected chi connectivity index (χ4v) is 1.50. The van der Waals surface area contributed by atoms with E-state index in [0.29, 0.717) is 12.4 Å². The molecule has 15 heavy (non-hydrogen) atoms. The van der Waals surface area contributed by atoms with E-state index in [-0.39, 0.29) is 5.28 Å². The average molecular weight is 241 g/mol. The summed E-state index contributed by atoms with van der Waals surface area (Å²) >= 11 is 5.53. The Labute approximate surface area is 95.9 Å². The van der Waals surface area contributed by atoms with Crippen molar-refractivity contribution in [3.8, 4) is 17.2 Å². The zero-order valence-electron chi connectivity index (χ0n) is 9.04. The standard InChI is InChI=1S/C10H13ClN2OSi/c1-15(2,3)6-4-5-14-9-7-12-10(11)13-8-9/h7-8H,5H2,1-3H3. The Morgan fingerprint density at radius 1 is 1.33 bits per heavy atom. The van der Waals surface area contributed by atoms with Gasteiger partial charge in [0.2, 0.25) is 5.28 Å². The first-order valence-corrected chi connectivity index (χ1v) is 8.45. The predicted molar refractivity (Wildman–Crippen MR) is 63.7 cm³/mol. The van der Waals surface area contributed by atoms with Gasteiger partial charge in [-0.2, -0.15) is 0 Å². The topological polar surface area (TPSA) is 35.0 Å². The molecule has 0 amide bonds. The van der Waals surface area contributed by atoms with Gasteiger partial charge in [-0.3, -0.25) is 0 Å². The molecule has 0 aromatic carbocycles. The molecule has 1 heterocycles. The molecule has 0 bridgehead atoms. The first-order valence-electron chi connectivity index (χ1n) is 4.58. The maximum absolute atomic E-state index is 5.53. The van der Waals surface area contributed by atoms with E-state index >= 15 is 0 Å². The minimum absolute atomic E-state index is 0.218. The van der Waals surface area contributed by atoms with E-state index in [9.17, 15) is 0 Å².